The Labute approximate surface area is 119 Å². The van der Waals surface area contributed by atoms with Crippen molar-refractivity contribution in [1.29, 1.82) is 0 Å². The molecule has 20 heavy (non-hydrogen) atoms. The van der Waals surface area contributed by atoms with Gasteiger partial charge in [-0.1, -0.05) is 25.5 Å². The highest BCUT2D eigenvalue weighted by Gasteiger charge is 2.35. The molecule has 0 saturated carbocycles. The highest BCUT2D eigenvalue weighted by molar-refractivity contribution is 5.56. The number of hydrogen-bond donors (Lipinski definition) is 0. The van der Waals surface area contributed by atoms with Crippen molar-refractivity contribution in [3.05, 3.63) is 29.3 Å². The van der Waals surface area contributed by atoms with Gasteiger partial charge in [-0.3, -0.25) is 0 Å². The van der Waals surface area contributed by atoms with E-state index in [0.29, 0.717) is 24.3 Å². The largest absolute Gasteiger partial charge is 0.418 e. The second-order valence-electron chi connectivity index (χ2n) is 4.81. The van der Waals surface area contributed by atoms with E-state index in [1.165, 1.54) is 6.07 Å². The fourth-order valence-corrected chi connectivity index (χ4v) is 2.20. The van der Waals surface area contributed by atoms with E-state index in [2.05, 4.69) is 4.90 Å². The lowest BCUT2D eigenvalue weighted by Crippen LogP contribution is -2.45. The van der Waals surface area contributed by atoms with Crippen LogP contribution in [0.15, 0.2) is 18.2 Å². The molecule has 0 spiro atoms. The third-order valence-corrected chi connectivity index (χ3v) is 3.30. The van der Waals surface area contributed by atoms with Gasteiger partial charge in [-0.2, -0.15) is 13.2 Å². The van der Waals surface area contributed by atoms with Gasteiger partial charge in [0.05, 0.1) is 5.56 Å². The zero-order valence-electron chi connectivity index (χ0n) is 12.6. The molecule has 0 N–H and O–H groups in total. The Morgan fingerprint density at radius 1 is 1.00 bits per heavy atom. The maximum Gasteiger partial charge on any atom is 0.418 e. The van der Waals surface area contributed by atoms with E-state index in [1.54, 1.807) is 19.1 Å². The quantitative estimate of drug-likeness (QED) is 0.775. The fourth-order valence-electron chi connectivity index (χ4n) is 2.20. The lowest BCUT2D eigenvalue weighted by atomic mass is 10.1. The Balaban J connectivity index is 0.000000956. The molecule has 1 fully saturated rings. The number of alkyl halides is 3. The zero-order valence-corrected chi connectivity index (χ0v) is 12.6. The lowest BCUT2D eigenvalue weighted by Gasteiger charge is -2.35. The SMILES string of the molecule is CC.Cc1ccc(N2CCN(C)CC2)c(C(F)(F)F)c1. The summed E-state index contributed by atoms with van der Waals surface area (Å²) in [6.07, 6.45) is -4.29. The van der Waals surface area contributed by atoms with Gasteiger partial charge in [0, 0.05) is 31.9 Å². The molecule has 1 heterocycles. The van der Waals surface area contributed by atoms with E-state index in [0.717, 1.165) is 13.1 Å². The van der Waals surface area contributed by atoms with Crippen molar-refractivity contribution in [3.63, 3.8) is 0 Å². The van der Waals surface area contributed by atoms with Crippen LogP contribution >= 0.6 is 0 Å². The number of rotatable bonds is 1. The number of piperazine rings is 1. The minimum atomic E-state index is -4.29. The predicted octanol–water partition coefficient (Wildman–Crippen LogP) is 3.79. The molecule has 0 radical (unpaired) electrons. The average Bonchev–Trinajstić information content (AvgIpc) is 2.41. The molecule has 5 heteroatoms. The molecule has 1 aliphatic rings. The molecule has 0 aromatic heterocycles. The molecule has 1 aliphatic heterocycles. The van der Waals surface area contributed by atoms with E-state index in [-0.39, 0.29) is 0 Å². The van der Waals surface area contributed by atoms with Crippen molar-refractivity contribution in [1.82, 2.24) is 4.90 Å². The summed E-state index contributed by atoms with van der Waals surface area (Å²) in [7, 11) is 1.98. The second-order valence-corrected chi connectivity index (χ2v) is 4.81. The summed E-state index contributed by atoms with van der Waals surface area (Å²) < 4.78 is 39.1. The third-order valence-electron chi connectivity index (χ3n) is 3.30. The number of benzene rings is 1. The number of hydrogen-bond acceptors (Lipinski definition) is 2. The molecule has 1 aromatic carbocycles. The van der Waals surface area contributed by atoms with Gasteiger partial charge < -0.3 is 9.80 Å². The lowest BCUT2D eigenvalue weighted by molar-refractivity contribution is -0.137. The monoisotopic (exact) mass is 288 g/mol. The molecule has 0 atom stereocenters. The van der Waals surface area contributed by atoms with Crippen LogP contribution in [0.2, 0.25) is 0 Å². The summed E-state index contributed by atoms with van der Waals surface area (Å²) in [6, 6.07) is 4.56. The van der Waals surface area contributed by atoms with Crippen LogP contribution in [-0.4, -0.2) is 38.1 Å². The van der Waals surface area contributed by atoms with Gasteiger partial charge in [0.1, 0.15) is 0 Å². The van der Waals surface area contributed by atoms with Crippen LogP contribution in [0.4, 0.5) is 18.9 Å². The Kier molecular flexibility index (Phi) is 5.87. The smallest absolute Gasteiger partial charge is 0.368 e. The molecule has 0 bridgehead atoms. The average molecular weight is 288 g/mol. The van der Waals surface area contributed by atoms with Gasteiger partial charge in [0.2, 0.25) is 0 Å². The van der Waals surface area contributed by atoms with Crippen LogP contribution in [0.5, 0.6) is 0 Å². The van der Waals surface area contributed by atoms with Crippen LogP contribution in [-0.2, 0) is 6.18 Å². The standard InChI is InChI=1S/C13H17F3N2.C2H6/c1-10-3-4-12(11(9-10)13(14,15)16)18-7-5-17(2)6-8-18;1-2/h3-4,9H,5-8H2,1-2H3;1-2H3. The van der Waals surface area contributed by atoms with E-state index < -0.39 is 11.7 Å². The molecule has 0 amide bonds. The number of anilines is 1. The van der Waals surface area contributed by atoms with Gasteiger partial charge in [-0.05, 0) is 26.1 Å². The highest BCUT2D eigenvalue weighted by Crippen LogP contribution is 2.37. The van der Waals surface area contributed by atoms with E-state index >= 15 is 0 Å². The van der Waals surface area contributed by atoms with Crippen molar-refractivity contribution in [2.45, 2.75) is 26.9 Å². The van der Waals surface area contributed by atoms with Crippen LogP contribution < -0.4 is 4.90 Å². The van der Waals surface area contributed by atoms with Crippen LogP contribution in [0.25, 0.3) is 0 Å². The number of halogens is 3. The number of nitrogens with zero attached hydrogens (tertiary/aromatic N) is 2. The van der Waals surface area contributed by atoms with Crippen molar-refractivity contribution in [2.24, 2.45) is 0 Å². The minimum absolute atomic E-state index is 0.307. The fraction of sp³-hybridized carbons (Fsp3) is 0.600. The maximum atomic E-state index is 13.0. The Bertz CT molecular complexity index is 422. The normalized spacial score (nSPS) is 16.6. The summed E-state index contributed by atoms with van der Waals surface area (Å²) in [5, 5.41) is 0. The predicted molar refractivity (Wildman–Crippen MR) is 77.2 cm³/mol. The van der Waals surface area contributed by atoms with Crippen molar-refractivity contribution in [3.8, 4) is 0 Å². The Hall–Kier alpha value is -1.23. The topological polar surface area (TPSA) is 6.48 Å². The van der Waals surface area contributed by atoms with E-state index in [4.69, 9.17) is 0 Å². The van der Waals surface area contributed by atoms with Crippen LogP contribution in [0, 0.1) is 6.92 Å². The van der Waals surface area contributed by atoms with Crippen LogP contribution in [0.3, 0.4) is 0 Å². The number of likely N-dealkylation sites (N-methyl/N-ethyl adjacent to an activating group) is 1. The second kappa shape index (κ2) is 6.97. The maximum absolute atomic E-state index is 13.0. The first-order chi connectivity index (χ1) is 9.38. The Morgan fingerprint density at radius 3 is 2.05 bits per heavy atom. The first-order valence-corrected chi connectivity index (χ1v) is 6.99. The first-order valence-electron chi connectivity index (χ1n) is 6.99. The summed E-state index contributed by atoms with van der Waals surface area (Å²) in [5.74, 6) is 0. The van der Waals surface area contributed by atoms with Gasteiger partial charge in [-0.25, -0.2) is 0 Å². The highest BCUT2D eigenvalue weighted by atomic mass is 19.4. The van der Waals surface area contributed by atoms with Gasteiger partial charge >= 0.3 is 6.18 Å². The molecule has 0 unspecified atom stereocenters. The van der Waals surface area contributed by atoms with Crippen molar-refractivity contribution < 1.29 is 13.2 Å². The molecular formula is C15H23F3N2. The third kappa shape index (κ3) is 4.13. The van der Waals surface area contributed by atoms with E-state index in [1.807, 2.05) is 25.8 Å². The summed E-state index contributed by atoms with van der Waals surface area (Å²) in [5.41, 5.74) is 0.424. The van der Waals surface area contributed by atoms with Gasteiger partial charge in [0.15, 0.2) is 0 Å². The van der Waals surface area contributed by atoms with Crippen molar-refractivity contribution in [2.75, 3.05) is 38.1 Å². The van der Waals surface area contributed by atoms with Crippen LogP contribution in [0.1, 0.15) is 25.0 Å². The molecule has 1 aromatic rings. The molecule has 1 saturated heterocycles. The molecule has 2 rings (SSSR count). The zero-order chi connectivity index (χ0) is 15.3. The molecule has 2 nitrogen and oxygen atoms in total. The molecule has 0 aliphatic carbocycles. The van der Waals surface area contributed by atoms with Gasteiger partial charge in [0.25, 0.3) is 0 Å². The summed E-state index contributed by atoms with van der Waals surface area (Å²) in [6.45, 7) is 8.56. The minimum Gasteiger partial charge on any atom is -0.368 e. The first kappa shape index (κ1) is 16.8. The summed E-state index contributed by atoms with van der Waals surface area (Å²) in [4.78, 5) is 3.94. The Morgan fingerprint density at radius 2 is 1.55 bits per heavy atom. The van der Waals surface area contributed by atoms with Gasteiger partial charge in [-0.15, -0.1) is 0 Å². The molecular weight excluding hydrogens is 265 g/mol. The number of aryl methyl sites for hydroxylation is 1. The molecule has 114 valence electrons. The van der Waals surface area contributed by atoms with Crippen molar-refractivity contribution >= 4 is 5.69 Å². The summed E-state index contributed by atoms with van der Waals surface area (Å²) >= 11 is 0. The van der Waals surface area contributed by atoms with E-state index in [9.17, 15) is 13.2 Å².